The molecule has 1 unspecified atom stereocenters. The average molecular weight is 154 g/mol. The van der Waals surface area contributed by atoms with E-state index in [0.29, 0.717) is 6.42 Å². The summed E-state index contributed by atoms with van der Waals surface area (Å²) in [5, 5.41) is 2.63. The Hall–Kier alpha value is -0.790. The van der Waals surface area contributed by atoms with Gasteiger partial charge < -0.3 is 5.32 Å². The maximum atomic E-state index is 11.4. The van der Waals surface area contributed by atoms with Crippen molar-refractivity contribution < 1.29 is 6.17 Å². The maximum absolute atomic E-state index is 11.4. The zero-order valence-corrected chi connectivity index (χ0v) is 7.11. The van der Waals surface area contributed by atoms with E-state index in [9.17, 15) is 4.79 Å². The molecule has 2 heteroatoms. The second-order valence-electron chi connectivity index (χ2n) is 3.24. The average Bonchev–Trinajstić information content (AvgIpc) is 1.97. The van der Waals surface area contributed by atoms with E-state index < -0.39 is 5.89 Å². The first kappa shape index (κ1) is 6.89. The van der Waals surface area contributed by atoms with Gasteiger partial charge in [-0.2, -0.15) is 0 Å². The summed E-state index contributed by atoms with van der Waals surface area (Å²) >= 11 is 0. The minimum Gasteiger partial charge on any atom is -0.330 e. The molecule has 0 radical (unpaired) electrons. The molecule has 62 valence electrons. The summed E-state index contributed by atoms with van der Waals surface area (Å²) in [6.45, 7) is 7.48. The molecule has 1 aliphatic heterocycles. The second kappa shape index (κ2) is 3.07. The zero-order valence-electron chi connectivity index (χ0n) is 8.11. The van der Waals surface area contributed by atoms with Crippen molar-refractivity contribution in [3.8, 4) is 0 Å². The highest BCUT2D eigenvalue weighted by Crippen LogP contribution is 2.23. The fourth-order valence-corrected chi connectivity index (χ4v) is 1.25. The van der Waals surface area contributed by atoms with Crippen molar-refractivity contribution >= 4 is 5.91 Å². The first-order chi connectivity index (χ1) is 5.47. The van der Waals surface area contributed by atoms with Crippen LogP contribution >= 0.6 is 0 Å². The Bertz CT molecular complexity index is 225. The van der Waals surface area contributed by atoms with E-state index in [0.717, 1.165) is 12.1 Å². The molecule has 0 aromatic carbocycles. The Labute approximate surface area is 69.1 Å². The summed E-state index contributed by atoms with van der Waals surface area (Å²) in [7, 11) is 0. The number of carbonyl (C=O) groups excluding carboxylic acids is 1. The smallest absolute Gasteiger partial charge is 0.227 e. The molecular weight excluding hydrogens is 138 g/mol. The number of nitrogens with one attached hydrogen (secondary N) is 1. The third-order valence-corrected chi connectivity index (χ3v) is 1.97. The van der Waals surface area contributed by atoms with Crippen LogP contribution in [-0.4, -0.2) is 5.91 Å². The van der Waals surface area contributed by atoms with Gasteiger partial charge in [-0.15, -0.1) is 0 Å². The van der Waals surface area contributed by atoms with E-state index in [1.54, 1.807) is 0 Å². The van der Waals surface area contributed by atoms with Crippen molar-refractivity contribution in [2.24, 2.45) is 11.8 Å². The molecule has 0 aromatic rings. The fourth-order valence-electron chi connectivity index (χ4n) is 1.25. The van der Waals surface area contributed by atoms with Crippen LogP contribution in [0.25, 0.3) is 0 Å². The molecule has 0 bridgehead atoms. The topological polar surface area (TPSA) is 29.1 Å². The lowest BCUT2D eigenvalue weighted by Crippen LogP contribution is -2.37. The molecule has 0 saturated carbocycles. The number of piperidine rings is 1. The van der Waals surface area contributed by atoms with Crippen LogP contribution in [0, 0.1) is 11.8 Å². The highest BCUT2D eigenvalue weighted by Gasteiger charge is 2.25. The Morgan fingerprint density at radius 1 is 1.82 bits per heavy atom. The van der Waals surface area contributed by atoms with Gasteiger partial charge in [0.2, 0.25) is 5.91 Å². The Balaban J connectivity index is 2.80. The van der Waals surface area contributed by atoms with Crippen molar-refractivity contribution in [2.45, 2.75) is 26.7 Å². The third kappa shape index (κ3) is 1.82. The van der Waals surface area contributed by atoms with Gasteiger partial charge in [-0.3, -0.25) is 4.79 Å². The molecule has 1 rings (SSSR count). The largest absolute Gasteiger partial charge is 0.330 e. The predicted octanol–water partition coefficient (Wildman–Crippen LogP) is 1.68. The summed E-state index contributed by atoms with van der Waals surface area (Å²) in [5.41, 5.74) is 0.739. The van der Waals surface area contributed by atoms with Gasteiger partial charge in [0.25, 0.3) is 0 Å². The number of hydrogen-bond donors (Lipinski definition) is 1. The van der Waals surface area contributed by atoms with Crippen LogP contribution in [0.1, 0.15) is 28.1 Å². The van der Waals surface area contributed by atoms with E-state index in [1.165, 1.54) is 0 Å². The predicted molar refractivity (Wildman–Crippen MR) is 44.8 cm³/mol. The molecule has 2 nitrogen and oxygen atoms in total. The molecular formula is C9H15NO. The number of carbonyl (C=O) groups is 1. The van der Waals surface area contributed by atoms with E-state index in [1.807, 2.05) is 13.8 Å². The summed E-state index contributed by atoms with van der Waals surface area (Å²) in [4.78, 5) is 11.4. The lowest BCUT2D eigenvalue weighted by Gasteiger charge is -2.25. The molecule has 1 amide bonds. The number of allylic oxidation sites excluding steroid dienone is 1. The molecule has 0 aromatic heterocycles. The Kier molecular flexibility index (Phi) is 1.93. The van der Waals surface area contributed by atoms with Gasteiger partial charge in [-0.05, 0) is 18.8 Å². The molecule has 1 N–H and O–H groups in total. The minimum atomic E-state index is -0.943. The zero-order chi connectivity index (χ0) is 9.35. The van der Waals surface area contributed by atoms with Crippen LogP contribution in [0.2, 0.25) is 0 Å². The number of amides is 1. The van der Waals surface area contributed by atoms with Gasteiger partial charge in [-0.1, -0.05) is 20.4 Å². The van der Waals surface area contributed by atoms with Gasteiger partial charge in [-0.25, -0.2) is 0 Å². The molecule has 1 saturated heterocycles. The van der Waals surface area contributed by atoms with E-state index in [4.69, 9.17) is 1.37 Å². The van der Waals surface area contributed by atoms with Crippen LogP contribution in [0.4, 0.5) is 0 Å². The van der Waals surface area contributed by atoms with Crippen LogP contribution in [-0.2, 0) is 4.79 Å². The Morgan fingerprint density at radius 2 is 2.45 bits per heavy atom. The SMILES string of the molecule is [2H]C1(C(C)C)CCC(=C)NC1=O. The number of rotatable bonds is 1. The van der Waals surface area contributed by atoms with E-state index in [2.05, 4.69) is 11.9 Å². The van der Waals surface area contributed by atoms with Crippen molar-refractivity contribution in [1.82, 2.24) is 5.32 Å². The number of hydrogen-bond acceptors (Lipinski definition) is 1. The maximum Gasteiger partial charge on any atom is 0.227 e. The monoisotopic (exact) mass is 154 g/mol. The molecule has 11 heavy (non-hydrogen) atoms. The Morgan fingerprint density at radius 3 is 2.91 bits per heavy atom. The molecule has 1 atom stereocenters. The molecule has 1 heterocycles. The van der Waals surface area contributed by atoms with Crippen LogP contribution < -0.4 is 5.32 Å². The molecule has 1 aliphatic rings. The van der Waals surface area contributed by atoms with E-state index >= 15 is 0 Å². The lowest BCUT2D eigenvalue weighted by atomic mass is 9.87. The van der Waals surface area contributed by atoms with Crippen molar-refractivity contribution in [3.63, 3.8) is 0 Å². The lowest BCUT2D eigenvalue weighted by molar-refractivity contribution is -0.126. The summed E-state index contributed by atoms with van der Waals surface area (Å²) in [6, 6.07) is 0. The van der Waals surface area contributed by atoms with Gasteiger partial charge in [0.05, 0.1) is 0 Å². The fraction of sp³-hybridized carbons (Fsp3) is 0.667. The summed E-state index contributed by atoms with van der Waals surface area (Å²) < 4.78 is 7.92. The van der Waals surface area contributed by atoms with Crippen molar-refractivity contribution in [1.29, 1.82) is 0 Å². The first-order valence-electron chi connectivity index (χ1n) is 4.46. The summed E-state index contributed by atoms with van der Waals surface area (Å²) in [6.07, 6.45) is 1.32. The van der Waals surface area contributed by atoms with Gasteiger partial charge >= 0.3 is 0 Å². The molecule has 1 fully saturated rings. The minimum absolute atomic E-state index is 0.0607. The highest BCUT2D eigenvalue weighted by molar-refractivity contribution is 5.81. The van der Waals surface area contributed by atoms with Gasteiger partial charge in [0.1, 0.15) is 0 Å². The van der Waals surface area contributed by atoms with Crippen LogP contribution in [0.3, 0.4) is 0 Å². The summed E-state index contributed by atoms with van der Waals surface area (Å²) in [5.74, 6) is -1.08. The normalized spacial score (nSPS) is 33.5. The highest BCUT2D eigenvalue weighted by atomic mass is 16.2. The second-order valence-corrected chi connectivity index (χ2v) is 3.24. The van der Waals surface area contributed by atoms with Crippen LogP contribution in [0.5, 0.6) is 0 Å². The third-order valence-electron chi connectivity index (χ3n) is 1.97. The van der Waals surface area contributed by atoms with Gasteiger partial charge in [0, 0.05) is 13.0 Å². The quantitative estimate of drug-likeness (QED) is 0.611. The van der Waals surface area contributed by atoms with Crippen molar-refractivity contribution in [3.05, 3.63) is 12.3 Å². The molecule has 0 spiro atoms. The van der Waals surface area contributed by atoms with Gasteiger partial charge in [0.15, 0.2) is 0 Å². The van der Waals surface area contributed by atoms with E-state index in [-0.39, 0.29) is 11.8 Å². The first-order valence-corrected chi connectivity index (χ1v) is 3.96. The standard InChI is InChI=1S/C9H15NO/c1-6(2)8-5-4-7(3)10-9(8)11/h6,8H,3-5H2,1-2H3,(H,10,11)/i8D. The molecule has 0 aliphatic carbocycles. The van der Waals surface area contributed by atoms with Crippen LogP contribution in [0.15, 0.2) is 12.3 Å². The van der Waals surface area contributed by atoms with Crippen molar-refractivity contribution in [2.75, 3.05) is 0 Å².